The summed E-state index contributed by atoms with van der Waals surface area (Å²) in [7, 11) is 0. The largest absolute Gasteiger partial charge is 0.382 e. The van der Waals surface area contributed by atoms with E-state index in [1.807, 2.05) is 0 Å². The SMILES string of the molecule is CCc1ccccc1NC1CC(C)OC(C)C1. The fourth-order valence-electron chi connectivity index (χ4n) is 2.71. The third-order valence-corrected chi connectivity index (χ3v) is 3.46. The van der Waals surface area contributed by atoms with E-state index in [-0.39, 0.29) is 0 Å². The molecule has 0 radical (unpaired) electrons. The van der Waals surface area contributed by atoms with Crippen LogP contribution >= 0.6 is 0 Å². The van der Waals surface area contributed by atoms with Crippen molar-refractivity contribution in [3.63, 3.8) is 0 Å². The van der Waals surface area contributed by atoms with Crippen molar-refractivity contribution in [3.05, 3.63) is 29.8 Å². The van der Waals surface area contributed by atoms with E-state index in [1.54, 1.807) is 0 Å². The summed E-state index contributed by atoms with van der Waals surface area (Å²) in [6, 6.07) is 9.15. The van der Waals surface area contributed by atoms with Crippen molar-refractivity contribution in [3.8, 4) is 0 Å². The standard InChI is InChI=1S/C15H23NO/c1-4-13-7-5-6-8-15(13)16-14-9-11(2)17-12(3)10-14/h5-8,11-12,14,16H,4,9-10H2,1-3H3. The van der Waals surface area contributed by atoms with Gasteiger partial charge in [0.2, 0.25) is 0 Å². The predicted octanol–water partition coefficient (Wildman–Crippen LogP) is 3.62. The number of nitrogens with one attached hydrogen (secondary N) is 1. The summed E-state index contributed by atoms with van der Waals surface area (Å²) in [4.78, 5) is 0. The molecular weight excluding hydrogens is 210 g/mol. The maximum atomic E-state index is 5.77. The Kier molecular flexibility index (Phi) is 4.06. The number of hydrogen-bond acceptors (Lipinski definition) is 2. The van der Waals surface area contributed by atoms with Crippen LogP contribution in [0, 0.1) is 0 Å². The van der Waals surface area contributed by atoms with E-state index in [0.29, 0.717) is 18.2 Å². The van der Waals surface area contributed by atoms with Gasteiger partial charge < -0.3 is 10.1 Å². The van der Waals surface area contributed by atoms with Crippen molar-refractivity contribution in [2.45, 2.75) is 58.3 Å². The first kappa shape index (κ1) is 12.4. The lowest BCUT2D eigenvalue weighted by molar-refractivity contribution is -0.0337. The van der Waals surface area contributed by atoms with Crippen molar-refractivity contribution in [2.75, 3.05) is 5.32 Å². The molecule has 1 aliphatic rings. The molecule has 17 heavy (non-hydrogen) atoms. The molecule has 0 saturated carbocycles. The molecule has 1 fully saturated rings. The Hall–Kier alpha value is -1.02. The Morgan fingerprint density at radius 1 is 1.18 bits per heavy atom. The summed E-state index contributed by atoms with van der Waals surface area (Å²) in [6.07, 6.45) is 4.01. The van der Waals surface area contributed by atoms with E-state index in [2.05, 4.69) is 50.4 Å². The molecule has 2 heteroatoms. The van der Waals surface area contributed by atoms with Crippen LogP contribution in [0.4, 0.5) is 5.69 Å². The second kappa shape index (κ2) is 5.54. The van der Waals surface area contributed by atoms with E-state index in [4.69, 9.17) is 4.74 Å². The summed E-state index contributed by atoms with van der Waals surface area (Å²) in [6.45, 7) is 6.53. The second-order valence-corrected chi connectivity index (χ2v) is 5.08. The van der Waals surface area contributed by atoms with Crippen LogP contribution in [0.15, 0.2) is 24.3 Å². The predicted molar refractivity (Wildman–Crippen MR) is 72.5 cm³/mol. The van der Waals surface area contributed by atoms with Gasteiger partial charge in [-0.15, -0.1) is 0 Å². The average Bonchev–Trinajstić information content (AvgIpc) is 2.28. The summed E-state index contributed by atoms with van der Waals surface area (Å²) >= 11 is 0. The van der Waals surface area contributed by atoms with Gasteiger partial charge in [0.15, 0.2) is 0 Å². The minimum absolute atomic E-state index is 0.366. The Labute approximate surface area is 104 Å². The van der Waals surface area contributed by atoms with Gasteiger partial charge in [0.1, 0.15) is 0 Å². The molecule has 1 saturated heterocycles. The van der Waals surface area contributed by atoms with Crippen LogP contribution in [0.2, 0.25) is 0 Å². The van der Waals surface area contributed by atoms with Crippen LogP contribution in [-0.4, -0.2) is 18.2 Å². The molecule has 2 unspecified atom stereocenters. The normalized spacial score (nSPS) is 29.0. The molecular formula is C15H23NO. The van der Waals surface area contributed by atoms with Gasteiger partial charge in [-0.1, -0.05) is 25.1 Å². The molecule has 1 aromatic carbocycles. The van der Waals surface area contributed by atoms with Crippen LogP contribution in [0.5, 0.6) is 0 Å². The molecule has 2 atom stereocenters. The van der Waals surface area contributed by atoms with E-state index in [0.717, 1.165) is 19.3 Å². The Morgan fingerprint density at radius 3 is 2.47 bits per heavy atom. The monoisotopic (exact) mass is 233 g/mol. The number of aryl methyl sites for hydroxylation is 1. The lowest BCUT2D eigenvalue weighted by Crippen LogP contribution is -2.37. The van der Waals surface area contributed by atoms with Crippen molar-refractivity contribution in [1.29, 1.82) is 0 Å². The lowest BCUT2D eigenvalue weighted by atomic mass is 9.99. The van der Waals surface area contributed by atoms with Gasteiger partial charge >= 0.3 is 0 Å². The van der Waals surface area contributed by atoms with Crippen molar-refractivity contribution < 1.29 is 4.74 Å². The minimum Gasteiger partial charge on any atom is -0.382 e. The molecule has 0 aliphatic carbocycles. The van der Waals surface area contributed by atoms with E-state index < -0.39 is 0 Å². The molecule has 0 bridgehead atoms. The number of benzene rings is 1. The van der Waals surface area contributed by atoms with Crippen LogP contribution in [0.1, 0.15) is 39.2 Å². The maximum Gasteiger partial charge on any atom is 0.0570 e. The molecule has 94 valence electrons. The van der Waals surface area contributed by atoms with Crippen LogP contribution in [-0.2, 0) is 11.2 Å². The molecule has 0 amide bonds. The Morgan fingerprint density at radius 2 is 1.82 bits per heavy atom. The van der Waals surface area contributed by atoms with Gasteiger partial charge in [0, 0.05) is 11.7 Å². The zero-order valence-electron chi connectivity index (χ0n) is 11.1. The highest BCUT2D eigenvalue weighted by Gasteiger charge is 2.24. The second-order valence-electron chi connectivity index (χ2n) is 5.08. The fourth-order valence-corrected chi connectivity index (χ4v) is 2.71. The van der Waals surface area contributed by atoms with Crippen LogP contribution in [0.25, 0.3) is 0 Å². The average molecular weight is 233 g/mol. The zero-order valence-corrected chi connectivity index (χ0v) is 11.1. The Bertz CT molecular complexity index is 354. The number of ether oxygens (including phenoxy) is 1. The first-order valence-electron chi connectivity index (χ1n) is 6.69. The number of anilines is 1. The smallest absolute Gasteiger partial charge is 0.0570 e. The summed E-state index contributed by atoms with van der Waals surface area (Å²) in [5.74, 6) is 0. The lowest BCUT2D eigenvalue weighted by Gasteiger charge is -2.33. The molecule has 1 aliphatic heterocycles. The molecule has 2 rings (SSSR count). The maximum absolute atomic E-state index is 5.77. The highest BCUT2D eigenvalue weighted by atomic mass is 16.5. The summed E-state index contributed by atoms with van der Waals surface area (Å²) in [5, 5.41) is 3.68. The Balaban J connectivity index is 2.04. The van der Waals surface area contributed by atoms with Crippen molar-refractivity contribution in [2.24, 2.45) is 0 Å². The first-order chi connectivity index (χ1) is 8.19. The first-order valence-corrected chi connectivity index (χ1v) is 6.69. The van der Waals surface area contributed by atoms with Gasteiger partial charge in [-0.3, -0.25) is 0 Å². The molecule has 1 N–H and O–H groups in total. The van der Waals surface area contributed by atoms with E-state index in [9.17, 15) is 0 Å². The van der Waals surface area contributed by atoms with Crippen LogP contribution < -0.4 is 5.32 Å². The van der Waals surface area contributed by atoms with Crippen molar-refractivity contribution in [1.82, 2.24) is 0 Å². The van der Waals surface area contributed by atoms with Gasteiger partial charge in [-0.25, -0.2) is 0 Å². The molecule has 2 nitrogen and oxygen atoms in total. The summed E-state index contributed by atoms with van der Waals surface area (Å²) < 4.78 is 5.77. The van der Waals surface area contributed by atoms with Gasteiger partial charge in [-0.2, -0.15) is 0 Å². The highest BCUT2D eigenvalue weighted by molar-refractivity contribution is 5.51. The third-order valence-electron chi connectivity index (χ3n) is 3.46. The van der Waals surface area contributed by atoms with E-state index >= 15 is 0 Å². The van der Waals surface area contributed by atoms with E-state index in [1.165, 1.54) is 11.3 Å². The number of hydrogen-bond donors (Lipinski definition) is 1. The van der Waals surface area contributed by atoms with Crippen LogP contribution in [0.3, 0.4) is 0 Å². The molecule has 0 spiro atoms. The zero-order chi connectivity index (χ0) is 12.3. The molecule has 1 heterocycles. The van der Waals surface area contributed by atoms with Crippen molar-refractivity contribution >= 4 is 5.69 Å². The van der Waals surface area contributed by atoms with Gasteiger partial charge in [-0.05, 0) is 44.7 Å². The summed E-state index contributed by atoms with van der Waals surface area (Å²) in [5.41, 5.74) is 2.69. The minimum atomic E-state index is 0.366. The fraction of sp³-hybridized carbons (Fsp3) is 0.600. The van der Waals surface area contributed by atoms with Gasteiger partial charge in [0.25, 0.3) is 0 Å². The van der Waals surface area contributed by atoms with Gasteiger partial charge in [0.05, 0.1) is 12.2 Å². The number of rotatable bonds is 3. The number of para-hydroxylation sites is 1. The highest BCUT2D eigenvalue weighted by Crippen LogP contribution is 2.24. The molecule has 1 aromatic rings. The quantitative estimate of drug-likeness (QED) is 0.861. The molecule has 0 aromatic heterocycles. The third kappa shape index (κ3) is 3.22. The topological polar surface area (TPSA) is 21.3 Å².